The highest BCUT2D eigenvalue weighted by molar-refractivity contribution is 4.93. The summed E-state index contributed by atoms with van der Waals surface area (Å²) in [5.74, 6) is 0. The summed E-state index contributed by atoms with van der Waals surface area (Å²) in [6.07, 6.45) is -44.9. The van der Waals surface area contributed by atoms with Crippen LogP contribution in [0.2, 0.25) is 2.82 Å². The van der Waals surface area contributed by atoms with E-state index in [9.17, 15) is 10.2 Å². The molecule has 0 bridgehead atoms. The number of nitrogens with two attached hydrogens (primary N) is 1. The number of rotatable bonds is 16. The molecule has 0 saturated carbocycles. The van der Waals surface area contributed by atoms with E-state index in [4.69, 9.17) is 35.7 Å². The van der Waals surface area contributed by atoms with Crippen LogP contribution >= 0.6 is 0 Å². The van der Waals surface area contributed by atoms with Gasteiger partial charge in [0, 0.05) is 24.7 Å². The molecule has 0 aliphatic heterocycles. The molecule has 0 saturated heterocycles. The third kappa shape index (κ3) is 14.3. The summed E-state index contributed by atoms with van der Waals surface area (Å²) < 4.78 is 207. The van der Waals surface area contributed by atoms with Crippen LogP contribution in [0, 0.1) is 0 Å². The summed E-state index contributed by atoms with van der Waals surface area (Å²) >= 11 is 0. The number of hydrogen-bond acceptors (Lipinski definition) is 3. The molecule has 3 nitrogen and oxygen atoms in total. The largest absolute Gasteiger partial charge is 0.395 e. The van der Waals surface area contributed by atoms with Crippen LogP contribution < -0.4 is 5.72 Å². The van der Waals surface area contributed by atoms with Gasteiger partial charge < -0.3 is 15.9 Å². The maximum atomic E-state index is 10.4. The second-order valence-electron chi connectivity index (χ2n) is 3.34. The van der Waals surface area contributed by atoms with Crippen molar-refractivity contribution < 1.29 is 45.9 Å². The maximum Gasteiger partial charge on any atom is 0.119 e. The van der Waals surface area contributed by atoms with E-state index in [0.29, 0.717) is 0 Å². The average molecular weight is 326 g/mol. The van der Waals surface area contributed by atoms with Crippen LogP contribution in [0.1, 0.15) is 116 Å². The molecule has 0 heterocycles. The fourth-order valence-corrected chi connectivity index (χ4v) is 0.793. The molecule has 0 amide bonds. The van der Waals surface area contributed by atoms with Gasteiger partial charge in [-0.2, -0.15) is 0 Å². The first-order valence-corrected chi connectivity index (χ1v) is 5.98. The predicted octanol–water partition coefficient (Wildman–Crippen LogP) is 3.92. The molecule has 0 unspecified atom stereocenters. The summed E-state index contributed by atoms with van der Waals surface area (Å²) in [5.41, 5.74) is -1.15. The average Bonchev–Trinajstić information content (AvgIpc) is 2.88. The summed E-state index contributed by atoms with van der Waals surface area (Å²) in [5, 5.41) is 20.1. The Morgan fingerprint density at radius 2 is 1.76 bits per heavy atom. The Morgan fingerprint density at radius 3 is 2.33 bits per heavy atom. The normalized spacial score (nSPS) is 43.8. The van der Waals surface area contributed by atoms with Gasteiger partial charge in [0.2, 0.25) is 0 Å². The van der Waals surface area contributed by atoms with Gasteiger partial charge in [-0.15, -0.1) is 0 Å². The number of allylic oxidation sites excluding steroid dienone is 1. The van der Waals surface area contributed by atoms with E-state index in [1.54, 1.807) is 6.92 Å². The Labute approximate surface area is 168 Å². The highest BCUT2D eigenvalue weighted by atomic mass is 16.3. The van der Waals surface area contributed by atoms with Gasteiger partial charge in [-0.3, -0.25) is 0 Å². The van der Waals surface area contributed by atoms with Crippen molar-refractivity contribution in [1.82, 2.24) is 0 Å². The molecule has 0 aromatic rings. The van der Waals surface area contributed by atoms with Gasteiger partial charge in [-0.1, -0.05) is 82.9 Å². The van der Waals surface area contributed by atoms with E-state index in [1.165, 1.54) is 0 Å². The molecule has 0 aliphatic carbocycles. The van der Waals surface area contributed by atoms with E-state index in [-0.39, 0.29) is 12.8 Å². The van der Waals surface area contributed by atoms with Crippen molar-refractivity contribution in [2.75, 3.05) is 6.56 Å². The molecule has 0 aromatic carbocycles. The first kappa shape index (κ1) is 3.81. The smallest absolute Gasteiger partial charge is 0.119 e. The van der Waals surface area contributed by atoms with Gasteiger partial charge in [-0.05, 0) is 12.7 Å². The van der Waals surface area contributed by atoms with Crippen molar-refractivity contribution in [2.45, 2.75) is 95.6 Å². The molecule has 21 heavy (non-hydrogen) atoms. The Balaban J connectivity index is 7.50. The number of unbranched alkanes of at least 4 members (excludes halogenated alkanes) is 1. The van der Waals surface area contributed by atoms with Crippen LogP contribution in [-0.4, -0.2) is 28.9 Å². The summed E-state index contributed by atoms with van der Waals surface area (Å²) in [4.78, 5) is 0. The van der Waals surface area contributed by atoms with Crippen LogP contribution in [0.15, 0.2) is 12.1 Å². The van der Waals surface area contributed by atoms with Crippen molar-refractivity contribution >= 4 is 0 Å². The zero-order chi connectivity index (χ0) is 38.9. The van der Waals surface area contributed by atoms with Crippen LogP contribution in [0.25, 0.3) is 0 Å². The fraction of sp³-hybridized carbons (Fsp3) is 0.889. The topological polar surface area (TPSA) is 66.5 Å². The van der Waals surface area contributed by atoms with E-state index in [1.807, 2.05) is 0 Å². The second-order valence-corrected chi connectivity index (χ2v) is 3.34. The molecule has 2 atom stereocenters. The lowest BCUT2D eigenvalue weighted by atomic mass is 10.0. The Hall–Kier alpha value is -0.380. The van der Waals surface area contributed by atoms with Crippen LogP contribution in [-0.2, 0) is 0 Å². The van der Waals surface area contributed by atoms with E-state index in [0.717, 1.165) is 0 Å². The second kappa shape index (κ2) is 16.0. The van der Waals surface area contributed by atoms with Gasteiger partial charge in [0.1, 0.15) is 2.82 Å². The lowest BCUT2D eigenvalue weighted by Crippen LogP contribution is -2.36. The van der Waals surface area contributed by atoms with Gasteiger partial charge in [0.05, 0.1) is 26.9 Å². The van der Waals surface area contributed by atoms with Crippen molar-refractivity contribution in [3.63, 3.8) is 0 Å². The Kier molecular flexibility index (Phi) is 2.91. The predicted molar refractivity (Wildman–Crippen MR) is 91.3 cm³/mol. The molecule has 0 fully saturated rings. The molecular weight excluding hydrogens is 262 g/mol. The minimum atomic E-state index is -4.81. The summed E-state index contributed by atoms with van der Waals surface area (Å²) in [6, 6.07) is -9.08. The van der Waals surface area contributed by atoms with Crippen LogP contribution in [0.3, 0.4) is 0 Å². The van der Waals surface area contributed by atoms with Crippen molar-refractivity contribution in [2.24, 2.45) is 5.72 Å². The first-order chi connectivity index (χ1) is 20.1. The zero-order valence-corrected chi connectivity index (χ0v) is 11.5. The minimum absolute atomic E-state index is 0.0581. The first-order valence-electron chi connectivity index (χ1n) is 18.9. The molecule has 0 rings (SSSR count). The van der Waals surface area contributed by atoms with Gasteiger partial charge >= 0.3 is 0 Å². The summed E-state index contributed by atoms with van der Waals surface area (Å²) in [6.45, 7) is -2.73. The van der Waals surface area contributed by atoms with Crippen molar-refractivity contribution in [3.05, 3.63) is 12.1 Å². The molecule has 0 aromatic heterocycles. The third-order valence-electron chi connectivity index (χ3n) is 1.75. The Morgan fingerprint density at radius 1 is 1.14 bits per heavy atom. The van der Waals surface area contributed by atoms with Gasteiger partial charge in [0.25, 0.3) is 0 Å². The highest BCUT2D eigenvalue weighted by Crippen LogP contribution is 2.12. The molecular formula is C18H37NO2. The maximum absolute atomic E-state index is 10.4. The Bertz CT molecular complexity index is 1150. The van der Waals surface area contributed by atoms with Gasteiger partial charge in [0.15, 0.2) is 0 Å². The van der Waals surface area contributed by atoms with Gasteiger partial charge in [-0.25, -0.2) is 0 Å². The van der Waals surface area contributed by atoms with Crippen LogP contribution in [0.5, 0.6) is 0 Å². The standard InChI is InChI=1S/C18H37NO2/c1-2-3-4-5-6-7-8-9-10-11-12-13-14-15-18(21)17(19)16-20/h14-15,17-18,20-21H,2-13,16,19H2,1H3/b15-14+/t17-,18+/m0/s1/i5D2,6D2,7D2,8D2,9D2,10D2,11D2,12D2,13D2,14D,15D,16D2,17D,18D/hD2. The van der Waals surface area contributed by atoms with Crippen LogP contribution in [0.4, 0.5) is 0 Å². The quantitative estimate of drug-likeness (QED) is 0.377. The third-order valence-corrected chi connectivity index (χ3v) is 1.75. The number of hydrogen-bond donors (Lipinski definition) is 3. The number of aliphatic hydroxyl groups is 2. The van der Waals surface area contributed by atoms with E-state index < -0.39 is 100 Å². The lowest BCUT2D eigenvalue weighted by molar-refractivity contribution is 0.144. The fourth-order valence-electron chi connectivity index (χ4n) is 0.793. The molecule has 0 spiro atoms. The summed E-state index contributed by atoms with van der Waals surface area (Å²) in [7, 11) is 0. The molecule has 126 valence electrons. The monoisotopic (exact) mass is 325 g/mol. The van der Waals surface area contributed by atoms with E-state index in [2.05, 4.69) is 0 Å². The van der Waals surface area contributed by atoms with E-state index >= 15 is 0 Å². The molecule has 3 heteroatoms. The zero-order valence-electron chi connectivity index (χ0n) is 37.5. The lowest BCUT2D eigenvalue weighted by Gasteiger charge is -2.11. The molecule has 0 aliphatic rings. The minimum Gasteiger partial charge on any atom is -0.395 e. The molecule has 4 N–H and O–H groups in total. The SMILES string of the molecule is [2H]/C(=C(/[2H])[C@@]([2H])(O)[C@@]([2H])(N([2H])[2H])C([2H])([2H])O)C([2H])([2H])C([2H])([2H])C([2H])([2H])C([2H])([2H])C([2H])([2H])C([2H])([2H])C([2H])([2H])C([2H])([2H])C([2H])([2H])CCCC. The highest BCUT2D eigenvalue weighted by Gasteiger charge is 2.08. The molecule has 0 radical (unpaired) electrons. The van der Waals surface area contributed by atoms with Crippen molar-refractivity contribution in [3.8, 4) is 0 Å². The van der Waals surface area contributed by atoms with Crippen molar-refractivity contribution in [1.29, 1.82) is 0 Å².